The van der Waals surface area contributed by atoms with Crippen molar-refractivity contribution in [3.05, 3.63) is 94.0 Å². The largest absolute Gasteiger partial charge is 0.493 e. The van der Waals surface area contributed by atoms with Crippen LogP contribution in [-0.4, -0.2) is 59.1 Å². The van der Waals surface area contributed by atoms with E-state index in [1.807, 2.05) is 42.5 Å². The fourth-order valence-electron chi connectivity index (χ4n) is 3.94. The molecule has 12 heteroatoms. The van der Waals surface area contributed by atoms with Crippen molar-refractivity contribution in [3.8, 4) is 22.1 Å². The first kappa shape index (κ1) is 28.2. The van der Waals surface area contributed by atoms with E-state index in [0.29, 0.717) is 28.1 Å². The maximum absolute atomic E-state index is 13.4. The number of ether oxygens (including phenoxy) is 2. The van der Waals surface area contributed by atoms with Gasteiger partial charge < -0.3 is 19.7 Å². The van der Waals surface area contributed by atoms with Crippen LogP contribution in [0.2, 0.25) is 0 Å². The predicted molar refractivity (Wildman–Crippen MR) is 151 cm³/mol. The normalized spacial score (nSPS) is 10.6. The fraction of sp³-hybridized carbons (Fsp3) is 0.214. The number of hydrogen-bond donors (Lipinski definition) is 1. The first-order valence-corrected chi connectivity index (χ1v) is 13.1. The third-order valence-electron chi connectivity index (χ3n) is 6.01. The van der Waals surface area contributed by atoms with Gasteiger partial charge in [0.15, 0.2) is 11.5 Å². The molecule has 0 bridgehead atoms. The molecule has 1 N–H and O–H groups in total. The second-order valence-corrected chi connectivity index (χ2v) is 9.59. The number of anilines is 1. The minimum absolute atomic E-state index is 0.00709. The number of benzene rings is 3. The van der Waals surface area contributed by atoms with Gasteiger partial charge in [-0.1, -0.05) is 53.8 Å². The summed E-state index contributed by atoms with van der Waals surface area (Å²) in [5, 5.41) is 23.2. The Bertz CT molecular complexity index is 1490. The molecular formula is C28H27N5O6S. The molecule has 4 rings (SSSR count). The number of nitro benzene ring substituents is 1. The molecule has 0 aliphatic heterocycles. The zero-order valence-electron chi connectivity index (χ0n) is 21.9. The molecule has 40 heavy (non-hydrogen) atoms. The third kappa shape index (κ3) is 7.17. The summed E-state index contributed by atoms with van der Waals surface area (Å²) in [5.41, 5.74) is 1.76. The van der Waals surface area contributed by atoms with Crippen molar-refractivity contribution < 1.29 is 24.0 Å². The molecule has 0 atom stereocenters. The average molecular weight is 562 g/mol. The Balaban J connectivity index is 1.46. The van der Waals surface area contributed by atoms with Crippen molar-refractivity contribution in [1.82, 2.24) is 15.1 Å². The third-order valence-corrected chi connectivity index (χ3v) is 6.90. The van der Waals surface area contributed by atoms with Crippen molar-refractivity contribution in [1.29, 1.82) is 0 Å². The van der Waals surface area contributed by atoms with Gasteiger partial charge in [-0.05, 0) is 30.2 Å². The molecule has 1 aromatic heterocycles. The van der Waals surface area contributed by atoms with Crippen LogP contribution in [0.1, 0.15) is 22.3 Å². The Morgan fingerprint density at radius 1 is 0.950 bits per heavy atom. The summed E-state index contributed by atoms with van der Waals surface area (Å²) in [5.74, 6) is 0.389. The summed E-state index contributed by atoms with van der Waals surface area (Å²) < 4.78 is 10.7. The van der Waals surface area contributed by atoms with Gasteiger partial charge in [0.25, 0.3) is 11.6 Å². The lowest BCUT2D eigenvalue weighted by molar-refractivity contribution is -0.384. The summed E-state index contributed by atoms with van der Waals surface area (Å²) in [4.78, 5) is 38.4. The van der Waals surface area contributed by atoms with E-state index >= 15 is 0 Å². The molecule has 0 unspecified atom stereocenters. The monoisotopic (exact) mass is 561 g/mol. The summed E-state index contributed by atoms with van der Waals surface area (Å²) in [6, 6.07) is 20.5. The first-order valence-electron chi connectivity index (χ1n) is 12.3. The number of non-ortho nitro benzene ring substituents is 1. The quantitative estimate of drug-likeness (QED) is 0.192. The molecule has 0 aliphatic rings. The van der Waals surface area contributed by atoms with Crippen LogP contribution in [0.25, 0.3) is 10.6 Å². The topological polar surface area (TPSA) is 137 Å². The summed E-state index contributed by atoms with van der Waals surface area (Å²) >= 11 is 1.25. The van der Waals surface area contributed by atoms with Gasteiger partial charge in [-0.25, -0.2) is 0 Å². The number of aromatic nitrogens is 2. The van der Waals surface area contributed by atoms with Gasteiger partial charge in [0, 0.05) is 42.8 Å². The van der Waals surface area contributed by atoms with Crippen LogP contribution in [0.3, 0.4) is 0 Å². The Morgan fingerprint density at radius 3 is 2.45 bits per heavy atom. The molecule has 3 aromatic carbocycles. The van der Waals surface area contributed by atoms with Crippen LogP contribution < -0.4 is 14.8 Å². The first-order chi connectivity index (χ1) is 19.4. The van der Waals surface area contributed by atoms with E-state index in [1.165, 1.54) is 40.5 Å². The maximum atomic E-state index is 13.4. The van der Waals surface area contributed by atoms with Crippen molar-refractivity contribution in [3.63, 3.8) is 0 Å². The van der Waals surface area contributed by atoms with Gasteiger partial charge in [-0.2, -0.15) is 0 Å². The Kier molecular flexibility index (Phi) is 9.36. The predicted octanol–water partition coefficient (Wildman–Crippen LogP) is 4.84. The number of carbonyl (C=O) groups excluding carboxylic acids is 2. The van der Waals surface area contributed by atoms with Gasteiger partial charge in [-0.15, -0.1) is 10.2 Å². The number of nitrogens with zero attached hydrogens (tertiary/aromatic N) is 4. The summed E-state index contributed by atoms with van der Waals surface area (Å²) in [6.45, 7) is 0.353. The Labute approximate surface area is 234 Å². The molecule has 0 fully saturated rings. The van der Waals surface area contributed by atoms with Crippen molar-refractivity contribution in [2.75, 3.05) is 32.6 Å². The average Bonchev–Trinajstić information content (AvgIpc) is 3.45. The number of carbonyl (C=O) groups is 2. The summed E-state index contributed by atoms with van der Waals surface area (Å²) in [6.07, 6.45) is 0.451. The minimum atomic E-state index is -0.552. The minimum Gasteiger partial charge on any atom is -0.493 e. The molecular weight excluding hydrogens is 534 g/mol. The van der Waals surface area contributed by atoms with E-state index in [-0.39, 0.29) is 36.7 Å². The van der Waals surface area contributed by atoms with E-state index in [0.717, 1.165) is 11.1 Å². The van der Waals surface area contributed by atoms with Gasteiger partial charge in [0.2, 0.25) is 11.0 Å². The molecule has 2 amide bonds. The van der Waals surface area contributed by atoms with Gasteiger partial charge in [0.1, 0.15) is 5.01 Å². The van der Waals surface area contributed by atoms with E-state index in [2.05, 4.69) is 15.5 Å². The van der Waals surface area contributed by atoms with Gasteiger partial charge in [0.05, 0.1) is 19.1 Å². The SMILES string of the molecule is COc1ccc(CCN(CCC(=O)Nc2nnc(-c3ccccc3)s2)C(=O)c2cccc([N+](=O)[O-])c2)cc1OC. The molecule has 206 valence electrons. The van der Waals surface area contributed by atoms with Crippen LogP contribution >= 0.6 is 11.3 Å². The second-order valence-electron chi connectivity index (χ2n) is 8.62. The molecule has 4 aromatic rings. The maximum Gasteiger partial charge on any atom is 0.270 e. The molecule has 0 spiro atoms. The van der Waals surface area contributed by atoms with E-state index in [1.54, 1.807) is 20.3 Å². The van der Waals surface area contributed by atoms with Gasteiger partial charge in [-0.3, -0.25) is 19.7 Å². The molecule has 0 saturated heterocycles. The number of hydrogen-bond acceptors (Lipinski definition) is 9. The molecule has 1 heterocycles. The zero-order chi connectivity index (χ0) is 28.5. The highest BCUT2D eigenvalue weighted by atomic mass is 32.1. The molecule has 0 saturated carbocycles. The highest BCUT2D eigenvalue weighted by Gasteiger charge is 2.20. The Hall–Kier alpha value is -4.84. The molecule has 0 radical (unpaired) electrons. The number of nitro groups is 1. The van der Waals surface area contributed by atoms with Crippen molar-refractivity contribution >= 4 is 34.0 Å². The number of nitrogens with one attached hydrogen (secondary N) is 1. The van der Waals surface area contributed by atoms with E-state index < -0.39 is 10.8 Å². The smallest absolute Gasteiger partial charge is 0.270 e. The second kappa shape index (κ2) is 13.3. The van der Waals surface area contributed by atoms with Crippen LogP contribution in [0.15, 0.2) is 72.8 Å². The molecule has 0 aliphatic carbocycles. The van der Waals surface area contributed by atoms with Crippen molar-refractivity contribution in [2.24, 2.45) is 0 Å². The zero-order valence-corrected chi connectivity index (χ0v) is 22.7. The highest BCUT2D eigenvalue weighted by Crippen LogP contribution is 2.28. The molecule has 11 nitrogen and oxygen atoms in total. The lowest BCUT2D eigenvalue weighted by Crippen LogP contribution is -2.35. The highest BCUT2D eigenvalue weighted by molar-refractivity contribution is 7.18. The number of methoxy groups -OCH3 is 2. The van der Waals surface area contributed by atoms with Gasteiger partial charge >= 0.3 is 0 Å². The van der Waals surface area contributed by atoms with Crippen LogP contribution in [0.5, 0.6) is 11.5 Å². The lowest BCUT2D eigenvalue weighted by Gasteiger charge is -2.23. The lowest BCUT2D eigenvalue weighted by atomic mass is 10.1. The number of rotatable bonds is 12. The van der Waals surface area contributed by atoms with Crippen LogP contribution in [-0.2, 0) is 11.2 Å². The summed E-state index contributed by atoms with van der Waals surface area (Å²) in [7, 11) is 3.09. The standard InChI is InChI=1S/C28H27N5O6S/c1-38-23-12-11-19(17-24(23)39-2)13-15-32(27(35)21-9-6-10-22(18-21)33(36)37)16-14-25(34)29-28-31-30-26(40-28)20-7-4-3-5-8-20/h3-12,17-18H,13-16H2,1-2H3,(H,29,31,34). The number of amides is 2. The fourth-order valence-corrected chi connectivity index (χ4v) is 4.70. The van der Waals surface area contributed by atoms with E-state index in [9.17, 15) is 19.7 Å². The van der Waals surface area contributed by atoms with Crippen LogP contribution in [0, 0.1) is 10.1 Å². The Morgan fingerprint density at radius 2 is 1.73 bits per heavy atom. The van der Waals surface area contributed by atoms with Crippen molar-refractivity contribution in [2.45, 2.75) is 12.8 Å². The van der Waals surface area contributed by atoms with Crippen LogP contribution in [0.4, 0.5) is 10.8 Å². The van der Waals surface area contributed by atoms with E-state index in [4.69, 9.17) is 9.47 Å².